The Morgan fingerprint density at radius 2 is 1.90 bits per heavy atom. The molecule has 0 radical (unpaired) electrons. The van der Waals surface area contributed by atoms with E-state index in [-0.39, 0.29) is 36.8 Å². The highest BCUT2D eigenvalue weighted by molar-refractivity contribution is 7.90. The smallest absolute Gasteiger partial charge is 0.245 e. The Labute approximate surface area is 287 Å². The number of thiazole rings is 1. The van der Waals surface area contributed by atoms with E-state index < -0.39 is 44.4 Å². The van der Waals surface area contributed by atoms with Crippen LogP contribution in [0.15, 0.2) is 48.7 Å². The molecule has 5 atom stereocenters. The monoisotopic (exact) mass is 697 g/mol. The van der Waals surface area contributed by atoms with Gasteiger partial charge in [-0.25, -0.2) is 13.4 Å². The molecule has 2 aliphatic carbocycles. The van der Waals surface area contributed by atoms with Gasteiger partial charge in [-0.1, -0.05) is 66.7 Å². The minimum Gasteiger partial charge on any atom is -0.371 e. The highest BCUT2D eigenvalue weighted by atomic mass is 32.2. The van der Waals surface area contributed by atoms with Gasteiger partial charge < -0.3 is 20.3 Å². The van der Waals surface area contributed by atoms with Crippen LogP contribution in [-0.4, -0.2) is 77.1 Å². The molecule has 3 N–H and O–H groups in total. The lowest BCUT2D eigenvalue weighted by atomic mass is 10.0. The molecule has 2 aliphatic heterocycles. The van der Waals surface area contributed by atoms with Crippen molar-refractivity contribution in [3.63, 3.8) is 0 Å². The molecule has 3 fully saturated rings. The molecule has 260 valence electrons. The first kappa shape index (κ1) is 34.6. The van der Waals surface area contributed by atoms with Crippen LogP contribution in [0.4, 0.5) is 5.13 Å². The van der Waals surface area contributed by atoms with Gasteiger partial charge in [0, 0.05) is 25.1 Å². The van der Waals surface area contributed by atoms with Crippen LogP contribution in [0.5, 0.6) is 0 Å². The third-order valence-corrected chi connectivity index (χ3v) is 12.3. The van der Waals surface area contributed by atoms with Gasteiger partial charge in [0.25, 0.3) is 0 Å². The predicted octanol–water partition coefficient (Wildman–Crippen LogP) is 4.77. The number of hydrogen-bond donors (Lipinski definition) is 3. The number of anilines is 1. The van der Waals surface area contributed by atoms with Crippen molar-refractivity contribution in [2.24, 2.45) is 5.92 Å². The molecule has 13 heteroatoms. The maximum Gasteiger partial charge on any atom is 0.245 e. The highest BCUT2D eigenvalue weighted by Gasteiger charge is 2.57. The lowest BCUT2D eigenvalue weighted by Gasteiger charge is -2.30. The maximum absolute atomic E-state index is 14.4. The van der Waals surface area contributed by atoms with Crippen LogP contribution in [-0.2, 0) is 29.1 Å². The molecule has 48 heavy (non-hydrogen) atoms. The molecular formula is C35H47N5O6S2. The van der Waals surface area contributed by atoms with Gasteiger partial charge in [0.15, 0.2) is 5.13 Å². The summed E-state index contributed by atoms with van der Waals surface area (Å²) in [7, 11) is -3.72. The van der Waals surface area contributed by atoms with Gasteiger partial charge in [-0.3, -0.25) is 19.1 Å². The van der Waals surface area contributed by atoms with Crippen molar-refractivity contribution in [1.82, 2.24) is 19.9 Å². The zero-order chi connectivity index (χ0) is 34.1. The van der Waals surface area contributed by atoms with Crippen LogP contribution < -0.4 is 15.4 Å². The third-order valence-electron chi connectivity index (χ3n) is 9.46. The zero-order valence-electron chi connectivity index (χ0n) is 27.9. The number of aromatic nitrogens is 1. The van der Waals surface area contributed by atoms with Crippen molar-refractivity contribution in [1.29, 1.82) is 0 Å². The summed E-state index contributed by atoms with van der Waals surface area (Å²) in [5.74, 6) is -1.27. The number of amides is 3. The number of allylic oxidation sites excluding steroid dienone is 1. The Morgan fingerprint density at radius 1 is 1.12 bits per heavy atom. The van der Waals surface area contributed by atoms with E-state index in [9.17, 15) is 22.8 Å². The average Bonchev–Trinajstić information content (AvgIpc) is 3.89. The van der Waals surface area contributed by atoms with E-state index >= 15 is 0 Å². The van der Waals surface area contributed by atoms with Gasteiger partial charge in [0.1, 0.15) is 12.1 Å². The standard InChI is InChI=1S/C35H47N5O6S2/c1-34(2,3)46-25-18-28-31(42)38-35(20-30(41)39-48(44,45)26-16-17-26)19-24(35)14-10-5-4-6-11-15-27(32(43)40(28)22-25)37-33-36-21-29(47-33)23-12-8-7-9-13-23/h7-10,12-14,21,24-28H,4-6,11,15-20,22H2,1-3H3,(H,36,37)(H,38,42)(H,39,41)/b14-10-/t24-,25-,27+,28+,35+/m1/s1. The number of carbonyl (C=O) groups is 3. The first-order valence-corrected chi connectivity index (χ1v) is 19.5. The molecule has 2 saturated carbocycles. The Balaban J connectivity index is 1.24. The van der Waals surface area contributed by atoms with Gasteiger partial charge >= 0.3 is 0 Å². The molecule has 1 aromatic carbocycles. The molecule has 0 unspecified atom stereocenters. The maximum atomic E-state index is 14.4. The van der Waals surface area contributed by atoms with Crippen LogP contribution in [0.3, 0.4) is 0 Å². The topological polar surface area (TPSA) is 147 Å². The van der Waals surface area contributed by atoms with Crippen LogP contribution in [0.25, 0.3) is 10.4 Å². The second-order valence-corrected chi connectivity index (χ2v) is 17.6. The fourth-order valence-corrected chi connectivity index (χ4v) is 9.04. The zero-order valence-corrected chi connectivity index (χ0v) is 29.6. The Hall–Kier alpha value is -3.29. The van der Waals surface area contributed by atoms with Crippen LogP contribution >= 0.6 is 11.3 Å². The molecule has 11 nitrogen and oxygen atoms in total. The summed E-state index contributed by atoms with van der Waals surface area (Å²) in [5, 5.41) is 6.66. The van der Waals surface area contributed by atoms with Gasteiger partial charge in [-0.05, 0) is 64.9 Å². The fourth-order valence-electron chi connectivity index (χ4n) is 6.85. The van der Waals surface area contributed by atoms with E-state index in [1.54, 1.807) is 4.90 Å². The van der Waals surface area contributed by atoms with E-state index in [0.717, 1.165) is 36.1 Å². The molecule has 3 heterocycles. The quantitative estimate of drug-likeness (QED) is 0.335. The summed E-state index contributed by atoms with van der Waals surface area (Å²) < 4.78 is 33.6. The number of fused-ring (bicyclic) bond motifs is 2. The van der Waals surface area contributed by atoms with E-state index in [1.807, 2.05) is 63.4 Å². The summed E-state index contributed by atoms with van der Waals surface area (Å²) in [6, 6.07) is 8.57. The van der Waals surface area contributed by atoms with Gasteiger partial charge in [0.05, 0.1) is 33.8 Å². The third kappa shape index (κ3) is 8.46. The van der Waals surface area contributed by atoms with Crippen molar-refractivity contribution < 1.29 is 27.5 Å². The second-order valence-electron chi connectivity index (χ2n) is 14.7. The van der Waals surface area contributed by atoms with Gasteiger partial charge in [-0.2, -0.15) is 0 Å². The van der Waals surface area contributed by atoms with E-state index in [2.05, 4.69) is 26.4 Å². The molecule has 4 aliphatic rings. The van der Waals surface area contributed by atoms with Crippen molar-refractivity contribution in [2.45, 2.75) is 120 Å². The minimum atomic E-state index is -3.72. The van der Waals surface area contributed by atoms with Crippen molar-refractivity contribution in [3.8, 4) is 10.4 Å². The molecule has 1 aromatic heterocycles. The average molecular weight is 698 g/mol. The summed E-state index contributed by atoms with van der Waals surface area (Å²) in [6.07, 6.45) is 11.5. The molecule has 1 saturated heterocycles. The molecule has 6 rings (SSSR count). The minimum absolute atomic E-state index is 0.105. The van der Waals surface area contributed by atoms with Gasteiger partial charge in [-0.15, -0.1) is 0 Å². The fraction of sp³-hybridized carbons (Fsp3) is 0.600. The van der Waals surface area contributed by atoms with E-state index in [1.165, 1.54) is 11.3 Å². The summed E-state index contributed by atoms with van der Waals surface area (Å²) >= 11 is 1.49. The normalized spacial score (nSPS) is 29.1. The second kappa shape index (κ2) is 13.9. The largest absolute Gasteiger partial charge is 0.371 e. The number of benzene rings is 1. The Kier molecular flexibility index (Phi) is 10.0. The molecule has 0 spiro atoms. The molecular weight excluding hydrogens is 651 g/mol. The molecule has 3 amide bonds. The first-order valence-electron chi connectivity index (χ1n) is 17.1. The molecule has 0 bridgehead atoms. The number of nitrogens with zero attached hydrogens (tertiary/aromatic N) is 2. The Morgan fingerprint density at radius 3 is 2.62 bits per heavy atom. The first-order chi connectivity index (χ1) is 22.8. The number of sulfonamides is 1. The van der Waals surface area contributed by atoms with Crippen molar-refractivity contribution in [3.05, 3.63) is 48.7 Å². The van der Waals surface area contributed by atoms with Crippen LogP contribution in [0.1, 0.15) is 85.0 Å². The number of carbonyl (C=O) groups excluding carboxylic acids is 3. The van der Waals surface area contributed by atoms with Crippen LogP contribution in [0.2, 0.25) is 0 Å². The van der Waals surface area contributed by atoms with Gasteiger partial charge in [0.2, 0.25) is 27.7 Å². The van der Waals surface area contributed by atoms with E-state index in [4.69, 9.17) is 4.74 Å². The highest BCUT2D eigenvalue weighted by Crippen LogP contribution is 2.48. The summed E-state index contributed by atoms with van der Waals surface area (Å²) in [4.78, 5) is 48.9. The number of ether oxygens (including phenoxy) is 1. The van der Waals surface area contributed by atoms with Crippen LogP contribution in [0, 0.1) is 5.92 Å². The molecule has 2 aromatic rings. The Bertz CT molecular complexity index is 1630. The number of nitrogens with one attached hydrogen (secondary N) is 3. The number of rotatable bonds is 8. The van der Waals surface area contributed by atoms with E-state index in [0.29, 0.717) is 37.2 Å². The summed E-state index contributed by atoms with van der Waals surface area (Å²) in [6.45, 7) is 6.11. The number of hydrogen-bond acceptors (Lipinski definition) is 9. The van der Waals surface area contributed by atoms with Crippen molar-refractivity contribution in [2.75, 3.05) is 11.9 Å². The SMILES string of the molecule is CC(C)(C)O[C@@H]1C[C@H]2C(=O)N[C@]3(CC(=O)NS(=O)(=O)C4CC4)C[C@H]3/C=C\CCCCC[C@H](Nc3ncc(-c4ccccc4)s3)C(=O)N2C1. The summed E-state index contributed by atoms with van der Waals surface area (Å²) in [5.41, 5.74) is -0.345. The van der Waals surface area contributed by atoms with Crippen molar-refractivity contribution >= 4 is 44.2 Å². The predicted molar refractivity (Wildman–Crippen MR) is 186 cm³/mol. The lowest BCUT2D eigenvalue weighted by molar-refractivity contribution is -0.140. The lowest BCUT2D eigenvalue weighted by Crippen LogP contribution is -2.54.